The first-order valence-corrected chi connectivity index (χ1v) is 9.59. The average molecular weight is 402 g/mol. The molecule has 0 spiro atoms. The molecular formula is C21H26N2O6. The lowest BCUT2D eigenvalue weighted by atomic mass is 9.81. The number of ether oxygens (including phenoxy) is 1. The van der Waals surface area contributed by atoms with E-state index in [2.05, 4.69) is 0 Å². The van der Waals surface area contributed by atoms with E-state index in [1.807, 2.05) is 13.8 Å². The van der Waals surface area contributed by atoms with E-state index < -0.39 is 35.5 Å². The van der Waals surface area contributed by atoms with Crippen LogP contribution in [0.25, 0.3) is 0 Å². The molecule has 0 saturated carbocycles. The van der Waals surface area contributed by atoms with Crippen molar-refractivity contribution in [2.45, 2.75) is 59.1 Å². The van der Waals surface area contributed by atoms with Gasteiger partial charge in [-0.15, -0.1) is 0 Å². The fourth-order valence-electron chi connectivity index (χ4n) is 3.49. The van der Waals surface area contributed by atoms with Gasteiger partial charge in [-0.05, 0) is 51.2 Å². The normalized spacial score (nSPS) is 21.1. The zero-order valence-electron chi connectivity index (χ0n) is 17.4. The van der Waals surface area contributed by atoms with E-state index in [-0.39, 0.29) is 16.5 Å². The molecule has 29 heavy (non-hydrogen) atoms. The van der Waals surface area contributed by atoms with Crippen LogP contribution in [0.15, 0.2) is 24.3 Å². The Morgan fingerprint density at radius 2 is 1.62 bits per heavy atom. The third kappa shape index (κ3) is 4.26. The number of hydrogen-bond acceptors (Lipinski definition) is 6. The molecule has 0 radical (unpaired) electrons. The van der Waals surface area contributed by atoms with Gasteiger partial charge in [-0.3, -0.25) is 14.5 Å². The summed E-state index contributed by atoms with van der Waals surface area (Å²) in [6.07, 6.45) is 0.386. The molecule has 2 aliphatic heterocycles. The second kappa shape index (κ2) is 7.17. The first-order chi connectivity index (χ1) is 13.4. The lowest BCUT2D eigenvalue weighted by Gasteiger charge is -2.42. The van der Waals surface area contributed by atoms with Crippen LogP contribution in [0.3, 0.4) is 0 Å². The summed E-state index contributed by atoms with van der Waals surface area (Å²) in [6, 6.07) is 5.31. The van der Waals surface area contributed by atoms with Crippen molar-refractivity contribution in [2.75, 3.05) is 6.54 Å². The summed E-state index contributed by atoms with van der Waals surface area (Å²) in [5.74, 6) is -2.22. The number of likely N-dealkylation sites (tertiary alicyclic amines) is 1. The highest BCUT2D eigenvalue weighted by atomic mass is 16.7. The van der Waals surface area contributed by atoms with Crippen molar-refractivity contribution in [1.29, 1.82) is 0 Å². The number of fused-ring (bicyclic) bond motifs is 1. The summed E-state index contributed by atoms with van der Waals surface area (Å²) >= 11 is 0. The molecule has 1 aromatic carbocycles. The molecule has 1 aromatic rings. The summed E-state index contributed by atoms with van der Waals surface area (Å²) in [4.78, 5) is 57.0. The number of hydroxylamine groups is 2. The van der Waals surface area contributed by atoms with E-state index in [0.717, 1.165) is 0 Å². The van der Waals surface area contributed by atoms with Crippen molar-refractivity contribution in [2.24, 2.45) is 5.41 Å². The minimum atomic E-state index is -0.942. The zero-order valence-corrected chi connectivity index (χ0v) is 17.4. The Hall–Kier alpha value is -2.90. The average Bonchev–Trinajstić information content (AvgIpc) is 2.85. The quantitative estimate of drug-likeness (QED) is 0.706. The Bertz CT molecular complexity index is 835. The second-order valence-electron chi connectivity index (χ2n) is 9.19. The predicted octanol–water partition coefficient (Wildman–Crippen LogP) is 3.17. The van der Waals surface area contributed by atoms with Gasteiger partial charge >= 0.3 is 12.1 Å². The molecule has 0 N–H and O–H groups in total. The van der Waals surface area contributed by atoms with Crippen LogP contribution in [0, 0.1) is 5.41 Å². The number of piperidine rings is 1. The number of benzene rings is 1. The monoisotopic (exact) mass is 402 g/mol. The van der Waals surface area contributed by atoms with Crippen LogP contribution < -0.4 is 0 Å². The predicted molar refractivity (Wildman–Crippen MR) is 103 cm³/mol. The number of nitrogens with zero attached hydrogens (tertiary/aromatic N) is 2. The van der Waals surface area contributed by atoms with E-state index in [9.17, 15) is 19.2 Å². The van der Waals surface area contributed by atoms with Gasteiger partial charge in [0.25, 0.3) is 11.8 Å². The third-order valence-corrected chi connectivity index (χ3v) is 4.91. The highest BCUT2D eigenvalue weighted by molar-refractivity contribution is 6.20. The SMILES string of the molecule is CC1(C)CCC(C(=O)ON2C(=O)c3ccccc3C2=O)N(C(=O)OC(C)(C)C)C1. The number of carbonyl (C=O) groups excluding carboxylic acids is 4. The number of rotatable bonds is 2. The molecule has 8 heteroatoms. The summed E-state index contributed by atoms with van der Waals surface area (Å²) in [6.45, 7) is 9.51. The summed E-state index contributed by atoms with van der Waals surface area (Å²) in [5.41, 5.74) is -0.572. The lowest BCUT2D eigenvalue weighted by molar-refractivity contribution is -0.177. The second-order valence-corrected chi connectivity index (χ2v) is 9.19. The van der Waals surface area contributed by atoms with Crippen molar-refractivity contribution in [3.63, 3.8) is 0 Å². The van der Waals surface area contributed by atoms with Crippen LogP contribution in [0.5, 0.6) is 0 Å². The molecule has 8 nitrogen and oxygen atoms in total. The van der Waals surface area contributed by atoms with E-state index >= 15 is 0 Å². The van der Waals surface area contributed by atoms with Gasteiger partial charge in [-0.1, -0.05) is 31.0 Å². The number of hydrogen-bond donors (Lipinski definition) is 0. The molecule has 1 fully saturated rings. The highest BCUT2D eigenvalue weighted by Gasteiger charge is 2.45. The van der Waals surface area contributed by atoms with E-state index in [1.165, 1.54) is 17.0 Å². The Kier molecular flexibility index (Phi) is 5.15. The van der Waals surface area contributed by atoms with Gasteiger partial charge < -0.3 is 9.57 Å². The molecule has 3 rings (SSSR count). The third-order valence-electron chi connectivity index (χ3n) is 4.91. The molecule has 156 valence electrons. The van der Waals surface area contributed by atoms with Gasteiger partial charge in [0.05, 0.1) is 11.1 Å². The summed E-state index contributed by atoms with van der Waals surface area (Å²) < 4.78 is 5.45. The maximum atomic E-state index is 12.9. The lowest BCUT2D eigenvalue weighted by Crippen LogP contribution is -2.55. The fraction of sp³-hybridized carbons (Fsp3) is 0.524. The molecule has 0 bridgehead atoms. The molecule has 2 aliphatic rings. The van der Waals surface area contributed by atoms with Crippen LogP contribution in [0.4, 0.5) is 4.79 Å². The van der Waals surface area contributed by atoms with Crippen LogP contribution in [-0.4, -0.2) is 52.0 Å². The Balaban J connectivity index is 1.79. The maximum Gasteiger partial charge on any atom is 0.411 e. The smallest absolute Gasteiger partial charge is 0.411 e. The van der Waals surface area contributed by atoms with Gasteiger partial charge in [0, 0.05) is 6.54 Å². The van der Waals surface area contributed by atoms with E-state index in [0.29, 0.717) is 24.4 Å². The highest BCUT2D eigenvalue weighted by Crippen LogP contribution is 2.34. The van der Waals surface area contributed by atoms with Crippen molar-refractivity contribution in [3.05, 3.63) is 35.4 Å². The fourth-order valence-corrected chi connectivity index (χ4v) is 3.49. The summed E-state index contributed by atoms with van der Waals surface area (Å²) in [7, 11) is 0. The van der Waals surface area contributed by atoms with E-state index in [4.69, 9.17) is 9.57 Å². The maximum absolute atomic E-state index is 12.9. The zero-order chi connectivity index (χ0) is 21.6. The first kappa shape index (κ1) is 20.8. The Morgan fingerprint density at radius 3 is 2.14 bits per heavy atom. The molecule has 1 saturated heterocycles. The topological polar surface area (TPSA) is 93.2 Å². The minimum absolute atomic E-state index is 0.180. The number of imide groups is 1. The Labute approximate surface area is 169 Å². The van der Waals surface area contributed by atoms with Gasteiger partial charge in [-0.2, -0.15) is 0 Å². The number of amides is 3. The molecule has 1 unspecified atom stereocenters. The minimum Gasteiger partial charge on any atom is -0.444 e. The standard InChI is InChI=1S/C21H26N2O6/c1-20(2,3)28-19(27)22-12-21(4,5)11-10-15(22)18(26)29-23-16(24)13-8-6-7-9-14(13)17(23)25/h6-9,15H,10-12H2,1-5H3. The molecule has 0 aliphatic carbocycles. The van der Waals surface area contributed by atoms with Gasteiger partial charge in [0.2, 0.25) is 0 Å². The summed E-state index contributed by atoms with van der Waals surface area (Å²) in [5, 5.41) is 0.472. The largest absolute Gasteiger partial charge is 0.444 e. The van der Waals surface area contributed by atoms with E-state index in [1.54, 1.807) is 32.9 Å². The van der Waals surface area contributed by atoms with Crippen molar-refractivity contribution in [1.82, 2.24) is 9.96 Å². The molecule has 1 atom stereocenters. The van der Waals surface area contributed by atoms with Crippen LogP contribution in [-0.2, 0) is 14.4 Å². The molecule has 2 heterocycles. The molecular weight excluding hydrogens is 376 g/mol. The molecule has 0 aromatic heterocycles. The number of carbonyl (C=O) groups is 4. The van der Waals surface area contributed by atoms with Gasteiger partial charge in [0.15, 0.2) is 0 Å². The van der Waals surface area contributed by atoms with Crippen molar-refractivity contribution < 1.29 is 28.8 Å². The molecule has 3 amide bonds. The van der Waals surface area contributed by atoms with Crippen LogP contribution >= 0.6 is 0 Å². The van der Waals surface area contributed by atoms with Gasteiger partial charge in [-0.25, -0.2) is 9.59 Å². The van der Waals surface area contributed by atoms with Crippen molar-refractivity contribution >= 4 is 23.9 Å². The van der Waals surface area contributed by atoms with Gasteiger partial charge in [0.1, 0.15) is 11.6 Å². The Morgan fingerprint density at radius 1 is 1.07 bits per heavy atom. The van der Waals surface area contributed by atoms with Crippen LogP contribution in [0.1, 0.15) is 68.2 Å². The first-order valence-electron chi connectivity index (χ1n) is 9.59. The van der Waals surface area contributed by atoms with Crippen LogP contribution in [0.2, 0.25) is 0 Å². The van der Waals surface area contributed by atoms with Crippen molar-refractivity contribution in [3.8, 4) is 0 Å².